The molecular formula is C14H13BrN2O3S. The smallest absolute Gasteiger partial charge is 0.255 e. The SMILES string of the molecule is CS(=O)(=O)c1cccc(C(=O)Nc2ccc(N)c(Br)c2)c1. The first-order chi connectivity index (χ1) is 9.77. The molecule has 0 unspecified atom stereocenters. The number of benzene rings is 2. The van der Waals surface area contributed by atoms with Gasteiger partial charge in [-0.05, 0) is 52.3 Å². The Hall–Kier alpha value is -1.86. The van der Waals surface area contributed by atoms with Gasteiger partial charge >= 0.3 is 0 Å². The zero-order valence-corrected chi connectivity index (χ0v) is 13.5. The van der Waals surface area contributed by atoms with E-state index in [-0.39, 0.29) is 10.5 Å². The van der Waals surface area contributed by atoms with Crippen molar-refractivity contribution in [1.82, 2.24) is 0 Å². The van der Waals surface area contributed by atoms with Crippen LogP contribution in [0.2, 0.25) is 0 Å². The topological polar surface area (TPSA) is 89.3 Å². The molecule has 7 heteroatoms. The molecule has 0 saturated carbocycles. The molecule has 0 bridgehead atoms. The normalized spacial score (nSPS) is 11.1. The van der Waals surface area contributed by atoms with Crippen LogP contribution in [0.1, 0.15) is 10.4 Å². The lowest BCUT2D eigenvalue weighted by atomic mass is 10.2. The van der Waals surface area contributed by atoms with Gasteiger partial charge in [0.15, 0.2) is 9.84 Å². The Morgan fingerprint density at radius 3 is 2.52 bits per heavy atom. The highest BCUT2D eigenvalue weighted by Crippen LogP contribution is 2.23. The minimum Gasteiger partial charge on any atom is -0.398 e. The van der Waals surface area contributed by atoms with Crippen molar-refractivity contribution in [3.05, 3.63) is 52.5 Å². The zero-order valence-electron chi connectivity index (χ0n) is 11.1. The highest BCUT2D eigenvalue weighted by atomic mass is 79.9. The van der Waals surface area contributed by atoms with Gasteiger partial charge in [-0.3, -0.25) is 4.79 Å². The van der Waals surface area contributed by atoms with Crippen LogP contribution in [0.4, 0.5) is 11.4 Å². The number of nitrogen functional groups attached to an aromatic ring is 1. The van der Waals surface area contributed by atoms with E-state index in [1.54, 1.807) is 24.3 Å². The number of hydrogen-bond acceptors (Lipinski definition) is 4. The van der Waals surface area contributed by atoms with Gasteiger partial charge in [-0.2, -0.15) is 0 Å². The van der Waals surface area contributed by atoms with Crippen molar-refractivity contribution < 1.29 is 13.2 Å². The quantitative estimate of drug-likeness (QED) is 0.815. The minimum absolute atomic E-state index is 0.105. The molecule has 2 rings (SSSR count). The van der Waals surface area contributed by atoms with Crippen LogP contribution >= 0.6 is 15.9 Å². The summed E-state index contributed by atoms with van der Waals surface area (Å²) in [5.41, 5.74) is 7.06. The van der Waals surface area contributed by atoms with Crippen molar-refractivity contribution in [3.63, 3.8) is 0 Å². The lowest BCUT2D eigenvalue weighted by Gasteiger charge is -2.08. The molecule has 0 heterocycles. The van der Waals surface area contributed by atoms with Crippen LogP contribution in [0.25, 0.3) is 0 Å². The Kier molecular flexibility index (Phi) is 4.34. The molecule has 0 aliphatic heterocycles. The first-order valence-electron chi connectivity index (χ1n) is 5.94. The monoisotopic (exact) mass is 368 g/mol. The number of amides is 1. The van der Waals surface area contributed by atoms with E-state index < -0.39 is 15.7 Å². The number of sulfone groups is 1. The molecule has 2 aromatic rings. The van der Waals surface area contributed by atoms with E-state index in [2.05, 4.69) is 21.2 Å². The second-order valence-electron chi connectivity index (χ2n) is 4.49. The van der Waals surface area contributed by atoms with Crippen LogP contribution < -0.4 is 11.1 Å². The molecule has 0 aliphatic rings. The summed E-state index contributed by atoms with van der Waals surface area (Å²) in [6.07, 6.45) is 1.10. The number of halogens is 1. The molecule has 110 valence electrons. The van der Waals surface area contributed by atoms with Crippen molar-refractivity contribution in [2.45, 2.75) is 4.90 Å². The van der Waals surface area contributed by atoms with Gasteiger partial charge in [-0.15, -0.1) is 0 Å². The van der Waals surface area contributed by atoms with Crippen molar-refractivity contribution in [2.24, 2.45) is 0 Å². The number of carbonyl (C=O) groups is 1. The number of carbonyl (C=O) groups excluding carboxylic acids is 1. The van der Waals surface area contributed by atoms with Gasteiger partial charge in [0.1, 0.15) is 0 Å². The van der Waals surface area contributed by atoms with E-state index in [0.29, 0.717) is 15.8 Å². The van der Waals surface area contributed by atoms with E-state index in [4.69, 9.17) is 5.73 Å². The average Bonchev–Trinajstić information content (AvgIpc) is 2.42. The maximum absolute atomic E-state index is 12.1. The van der Waals surface area contributed by atoms with Crippen molar-refractivity contribution in [1.29, 1.82) is 0 Å². The number of hydrogen-bond donors (Lipinski definition) is 2. The highest BCUT2D eigenvalue weighted by molar-refractivity contribution is 9.10. The fourth-order valence-corrected chi connectivity index (χ4v) is 2.72. The number of nitrogens with one attached hydrogen (secondary N) is 1. The Bertz CT molecular complexity index is 804. The van der Waals surface area contributed by atoms with E-state index in [9.17, 15) is 13.2 Å². The predicted octanol–water partition coefficient (Wildman–Crippen LogP) is 2.69. The molecule has 0 aliphatic carbocycles. The molecule has 0 spiro atoms. The first kappa shape index (κ1) is 15.5. The van der Waals surface area contributed by atoms with Crippen molar-refractivity contribution >= 4 is 43.0 Å². The molecule has 1 amide bonds. The standard InChI is InChI=1S/C14H13BrN2O3S/c1-21(19,20)11-4-2-3-9(7-11)14(18)17-10-5-6-13(16)12(15)8-10/h2-8H,16H2,1H3,(H,17,18). The summed E-state index contributed by atoms with van der Waals surface area (Å²) in [7, 11) is -3.35. The molecule has 0 atom stereocenters. The summed E-state index contributed by atoms with van der Waals surface area (Å²) in [6, 6.07) is 10.9. The minimum atomic E-state index is -3.35. The van der Waals surface area contributed by atoms with Crippen LogP contribution in [-0.4, -0.2) is 20.6 Å². The van der Waals surface area contributed by atoms with E-state index in [0.717, 1.165) is 6.26 Å². The maximum atomic E-state index is 12.1. The molecule has 0 saturated heterocycles. The Balaban J connectivity index is 2.26. The molecule has 21 heavy (non-hydrogen) atoms. The molecule has 0 radical (unpaired) electrons. The lowest BCUT2D eigenvalue weighted by molar-refractivity contribution is 0.102. The van der Waals surface area contributed by atoms with Crippen LogP contribution in [0.5, 0.6) is 0 Å². The van der Waals surface area contributed by atoms with Gasteiger partial charge in [0, 0.05) is 27.7 Å². The van der Waals surface area contributed by atoms with E-state index >= 15 is 0 Å². The summed E-state index contributed by atoms with van der Waals surface area (Å²) >= 11 is 3.27. The molecule has 5 nitrogen and oxygen atoms in total. The Morgan fingerprint density at radius 2 is 1.90 bits per heavy atom. The Morgan fingerprint density at radius 1 is 1.19 bits per heavy atom. The maximum Gasteiger partial charge on any atom is 0.255 e. The highest BCUT2D eigenvalue weighted by Gasteiger charge is 2.12. The van der Waals surface area contributed by atoms with Crippen molar-refractivity contribution in [3.8, 4) is 0 Å². The van der Waals surface area contributed by atoms with Gasteiger partial charge in [0.05, 0.1) is 4.90 Å². The van der Waals surface area contributed by atoms with Gasteiger partial charge in [-0.25, -0.2) is 8.42 Å². The predicted molar refractivity (Wildman–Crippen MR) is 86.1 cm³/mol. The van der Waals surface area contributed by atoms with Crippen LogP contribution in [0.15, 0.2) is 51.8 Å². The number of nitrogens with two attached hydrogens (primary N) is 1. The van der Waals surface area contributed by atoms with E-state index in [1.165, 1.54) is 18.2 Å². The van der Waals surface area contributed by atoms with Gasteiger partial charge in [-0.1, -0.05) is 6.07 Å². The van der Waals surface area contributed by atoms with Gasteiger partial charge in [0.2, 0.25) is 0 Å². The Labute approximate surface area is 131 Å². The van der Waals surface area contributed by atoms with Gasteiger partial charge < -0.3 is 11.1 Å². The number of rotatable bonds is 3. The summed E-state index contributed by atoms with van der Waals surface area (Å²) in [6.45, 7) is 0. The second kappa shape index (κ2) is 5.87. The first-order valence-corrected chi connectivity index (χ1v) is 8.62. The van der Waals surface area contributed by atoms with E-state index in [1.807, 2.05) is 0 Å². The lowest BCUT2D eigenvalue weighted by Crippen LogP contribution is -2.12. The summed E-state index contributed by atoms with van der Waals surface area (Å²) < 4.78 is 23.7. The number of anilines is 2. The molecular weight excluding hydrogens is 356 g/mol. The molecule has 0 fully saturated rings. The van der Waals surface area contributed by atoms with Crippen LogP contribution in [0.3, 0.4) is 0 Å². The summed E-state index contributed by atoms with van der Waals surface area (Å²) in [5, 5.41) is 2.69. The summed E-state index contributed by atoms with van der Waals surface area (Å²) in [5.74, 6) is -0.392. The average molecular weight is 369 g/mol. The van der Waals surface area contributed by atoms with Gasteiger partial charge in [0.25, 0.3) is 5.91 Å². The molecule has 0 aromatic heterocycles. The van der Waals surface area contributed by atoms with Crippen LogP contribution in [-0.2, 0) is 9.84 Å². The third-order valence-corrected chi connectivity index (χ3v) is 4.58. The molecule has 3 N–H and O–H groups in total. The zero-order chi connectivity index (χ0) is 15.6. The fourth-order valence-electron chi connectivity index (χ4n) is 1.68. The van der Waals surface area contributed by atoms with Crippen molar-refractivity contribution in [2.75, 3.05) is 17.3 Å². The third-order valence-electron chi connectivity index (χ3n) is 2.78. The third kappa shape index (κ3) is 3.83. The second-order valence-corrected chi connectivity index (χ2v) is 7.36. The fraction of sp³-hybridized carbons (Fsp3) is 0.0714. The summed E-state index contributed by atoms with van der Waals surface area (Å²) in [4.78, 5) is 12.2. The van der Waals surface area contributed by atoms with Crippen LogP contribution in [0, 0.1) is 0 Å². The molecule has 2 aromatic carbocycles. The largest absolute Gasteiger partial charge is 0.398 e.